The summed E-state index contributed by atoms with van der Waals surface area (Å²) >= 11 is 0. The Labute approximate surface area is 181 Å². The molecule has 0 aliphatic carbocycles. The third-order valence-corrected chi connectivity index (χ3v) is 5.52. The minimum Gasteiger partial charge on any atom is -0.368 e. The van der Waals surface area contributed by atoms with Gasteiger partial charge in [0, 0.05) is 55.6 Å². The van der Waals surface area contributed by atoms with Gasteiger partial charge >= 0.3 is 6.03 Å². The summed E-state index contributed by atoms with van der Waals surface area (Å²) in [6.07, 6.45) is 3.65. The molecule has 1 saturated heterocycles. The molecule has 1 aliphatic rings. The van der Waals surface area contributed by atoms with Crippen molar-refractivity contribution >= 4 is 23.1 Å². The number of carbonyl (C=O) groups is 1. The molecule has 2 aromatic carbocycles. The molecular formula is C24H24N6O. The van der Waals surface area contributed by atoms with Crippen LogP contribution in [0.5, 0.6) is 0 Å². The van der Waals surface area contributed by atoms with Gasteiger partial charge in [-0.25, -0.2) is 4.79 Å². The summed E-state index contributed by atoms with van der Waals surface area (Å²) in [5.41, 5.74) is 10.2. The van der Waals surface area contributed by atoms with Gasteiger partial charge in [-0.3, -0.25) is 9.88 Å². The van der Waals surface area contributed by atoms with Crippen LogP contribution in [0, 0.1) is 11.3 Å². The Morgan fingerprint density at radius 3 is 1.97 bits per heavy atom. The summed E-state index contributed by atoms with van der Waals surface area (Å²) < 4.78 is 0. The second kappa shape index (κ2) is 9.18. The number of carbonyl (C=O) groups excluding carboxylic acids is 1. The molecule has 4 rings (SSSR count). The summed E-state index contributed by atoms with van der Waals surface area (Å²) in [7, 11) is 0. The molecule has 1 aliphatic heterocycles. The van der Waals surface area contributed by atoms with Crippen molar-refractivity contribution in [2.45, 2.75) is 6.54 Å². The molecule has 2 N–H and O–H groups in total. The molecule has 31 heavy (non-hydrogen) atoms. The van der Waals surface area contributed by atoms with Gasteiger partial charge in [-0.2, -0.15) is 5.26 Å². The zero-order valence-electron chi connectivity index (χ0n) is 17.2. The van der Waals surface area contributed by atoms with E-state index in [0.717, 1.165) is 31.7 Å². The van der Waals surface area contributed by atoms with Crippen LogP contribution in [-0.4, -0.2) is 37.2 Å². The number of hydrogen-bond donors (Lipinski definition) is 1. The molecule has 0 bridgehead atoms. The maximum atomic E-state index is 12.0. The van der Waals surface area contributed by atoms with Crippen molar-refractivity contribution in [3.8, 4) is 6.07 Å². The number of nitrogens with zero attached hydrogens (tertiary/aromatic N) is 5. The van der Waals surface area contributed by atoms with Gasteiger partial charge in [-0.15, -0.1) is 0 Å². The first-order valence-corrected chi connectivity index (χ1v) is 10.2. The summed E-state index contributed by atoms with van der Waals surface area (Å²) in [5.74, 6) is 0. The number of urea groups is 1. The maximum Gasteiger partial charge on any atom is 0.319 e. The number of benzene rings is 2. The molecule has 3 aromatic rings. The van der Waals surface area contributed by atoms with E-state index in [1.54, 1.807) is 24.3 Å². The second-order valence-corrected chi connectivity index (χ2v) is 7.43. The van der Waals surface area contributed by atoms with E-state index in [2.05, 4.69) is 33.0 Å². The number of amides is 2. The first-order chi connectivity index (χ1) is 15.1. The molecule has 7 nitrogen and oxygen atoms in total. The Hall–Kier alpha value is -4.05. The maximum absolute atomic E-state index is 12.0. The molecule has 7 heteroatoms. The Kier molecular flexibility index (Phi) is 5.99. The van der Waals surface area contributed by atoms with Crippen LogP contribution < -0.4 is 20.4 Å². The van der Waals surface area contributed by atoms with E-state index in [-0.39, 0.29) is 0 Å². The van der Waals surface area contributed by atoms with Crippen molar-refractivity contribution in [1.82, 2.24) is 4.98 Å². The largest absolute Gasteiger partial charge is 0.368 e. The second-order valence-electron chi connectivity index (χ2n) is 7.43. The van der Waals surface area contributed by atoms with Gasteiger partial charge in [0.2, 0.25) is 0 Å². The molecule has 156 valence electrons. The lowest BCUT2D eigenvalue weighted by Gasteiger charge is -2.37. The van der Waals surface area contributed by atoms with Crippen molar-refractivity contribution in [2.75, 3.05) is 40.9 Å². The zero-order chi connectivity index (χ0) is 21.6. The van der Waals surface area contributed by atoms with Gasteiger partial charge in [0.1, 0.15) is 0 Å². The highest BCUT2D eigenvalue weighted by Gasteiger charge is 2.18. The number of pyridine rings is 1. The highest BCUT2D eigenvalue weighted by atomic mass is 16.2. The molecule has 1 aromatic heterocycles. The lowest BCUT2D eigenvalue weighted by Crippen LogP contribution is -2.46. The fourth-order valence-corrected chi connectivity index (χ4v) is 3.78. The summed E-state index contributed by atoms with van der Waals surface area (Å²) in [5, 5.41) is 8.95. The molecule has 0 spiro atoms. The molecular weight excluding hydrogens is 388 g/mol. The van der Waals surface area contributed by atoms with Gasteiger partial charge in [0.05, 0.1) is 18.2 Å². The third-order valence-electron chi connectivity index (χ3n) is 5.52. The van der Waals surface area contributed by atoms with Gasteiger partial charge in [-0.1, -0.05) is 12.1 Å². The fraction of sp³-hybridized carbons (Fsp3) is 0.208. The van der Waals surface area contributed by atoms with E-state index in [1.165, 1.54) is 16.3 Å². The van der Waals surface area contributed by atoms with Crippen LogP contribution in [0.25, 0.3) is 0 Å². The van der Waals surface area contributed by atoms with E-state index in [1.807, 2.05) is 36.7 Å². The molecule has 0 saturated carbocycles. The quantitative estimate of drug-likeness (QED) is 0.694. The number of aromatic nitrogens is 1. The standard InChI is InChI=1S/C24H24N6O/c25-17-19-1-7-23(8-2-19)30(24(26)31)18-20-3-5-21(6-4-20)28-13-15-29(16-14-28)22-9-11-27-12-10-22/h1-12H,13-16,18H2,(H2,26,31). The van der Waals surface area contributed by atoms with E-state index < -0.39 is 6.03 Å². The Balaban J connectivity index is 1.39. The first-order valence-electron chi connectivity index (χ1n) is 10.2. The Morgan fingerprint density at radius 1 is 0.903 bits per heavy atom. The third kappa shape index (κ3) is 4.75. The van der Waals surface area contributed by atoms with Crippen LogP contribution in [0.15, 0.2) is 73.1 Å². The number of rotatable bonds is 5. The Morgan fingerprint density at radius 2 is 1.45 bits per heavy atom. The number of nitrogens with two attached hydrogens (primary N) is 1. The van der Waals surface area contributed by atoms with E-state index in [4.69, 9.17) is 11.0 Å². The molecule has 0 unspecified atom stereocenters. The first kappa shape index (κ1) is 20.2. The van der Waals surface area contributed by atoms with Gasteiger partial charge in [-0.05, 0) is 54.1 Å². The van der Waals surface area contributed by atoms with Crippen LogP contribution in [-0.2, 0) is 6.54 Å². The van der Waals surface area contributed by atoms with Crippen molar-refractivity contribution in [2.24, 2.45) is 5.73 Å². The SMILES string of the molecule is N#Cc1ccc(N(Cc2ccc(N3CCN(c4ccncc4)CC3)cc2)C(N)=O)cc1. The molecule has 0 radical (unpaired) electrons. The van der Waals surface area contributed by atoms with E-state index >= 15 is 0 Å². The molecule has 1 fully saturated rings. The number of hydrogen-bond acceptors (Lipinski definition) is 5. The van der Waals surface area contributed by atoms with Crippen LogP contribution in [0.1, 0.15) is 11.1 Å². The Bertz CT molecular complexity index is 1050. The van der Waals surface area contributed by atoms with Gasteiger partial charge in [0.25, 0.3) is 0 Å². The minimum absolute atomic E-state index is 0.372. The van der Waals surface area contributed by atoms with Crippen LogP contribution in [0.3, 0.4) is 0 Å². The van der Waals surface area contributed by atoms with Crippen LogP contribution in [0.4, 0.5) is 21.9 Å². The normalized spacial score (nSPS) is 13.5. The van der Waals surface area contributed by atoms with E-state index in [0.29, 0.717) is 17.8 Å². The molecule has 2 amide bonds. The highest BCUT2D eigenvalue weighted by Crippen LogP contribution is 2.22. The van der Waals surface area contributed by atoms with Crippen molar-refractivity contribution < 1.29 is 4.79 Å². The lowest BCUT2D eigenvalue weighted by molar-refractivity contribution is 0.253. The van der Waals surface area contributed by atoms with Crippen LogP contribution in [0.2, 0.25) is 0 Å². The molecule has 0 atom stereocenters. The smallest absolute Gasteiger partial charge is 0.319 e. The number of primary amides is 1. The fourth-order valence-electron chi connectivity index (χ4n) is 3.78. The highest BCUT2D eigenvalue weighted by molar-refractivity contribution is 5.90. The van der Waals surface area contributed by atoms with E-state index in [9.17, 15) is 4.79 Å². The average molecular weight is 412 g/mol. The summed E-state index contributed by atoms with van der Waals surface area (Å²) in [6.45, 7) is 4.18. The monoisotopic (exact) mass is 412 g/mol. The lowest BCUT2D eigenvalue weighted by atomic mass is 10.1. The number of anilines is 3. The predicted molar refractivity (Wildman–Crippen MR) is 122 cm³/mol. The van der Waals surface area contributed by atoms with Crippen LogP contribution >= 0.6 is 0 Å². The van der Waals surface area contributed by atoms with Crippen molar-refractivity contribution in [3.05, 3.63) is 84.2 Å². The van der Waals surface area contributed by atoms with Gasteiger partial charge < -0.3 is 15.5 Å². The number of piperazine rings is 1. The van der Waals surface area contributed by atoms with Crippen molar-refractivity contribution in [3.63, 3.8) is 0 Å². The predicted octanol–water partition coefficient (Wildman–Crippen LogP) is 3.37. The summed E-state index contributed by atoms with van der Waals surface area (Å²) in [4.78, 5) is 22.3. The van der Waals surface area contributed by atoms with Gasteiger partial charge in [0.15, 0.2) is 0 Å². The average Bonchev–Trinajstić information content (AvgIpc) is 2.83. The molecule has 2 heterocycles. The topological polar surface area (TPSA) is 89.5 Å². The zero-order valence-corrected chi connectivity index (χ0v) is 17.2. The summed E-state index contributed by atoms with van der Waals surface area (Å²) in [6, 6.07) is 20.7. The van der Waals surface area contributed by atoms with Crippen molar-refractivity contribution in [1.29, 1.82) is 5.26 Å². The minimum atomic E-state index is -0.527. The number of nitriles is 1.